The zero-order valence-electron chi connectivity index (χ0n) is 8.55. The largest absolute Gasteiger partial charge is 0.495 e. The Morgan fingerprint density at radius 3 is 3.21 bits per heavy atom. The molecule has 1 aromatic rings. The monoisotopic (exact) mass is 195 g/mol. The van der Waals surface area contributed by atoms with Crippen LogP contribution >= 0.6 is 0 Å². The van der Waals surface area contributed by atoms with Gasteiger partial charge in [-0.25, -0.2) is 0 Å². The number of methoxy groups -OCH3 is 1. The molecule has 0 atom stereocenters. The molecule has 3 N–H and O–H groups in total. The van der Waals surface area contributed by atoms with Crippen molar-refractivity contribution in [3.05, 3.63) is 17.5 Å². The normalized spacial score (nSPS) is 15.3. The van der Waals surface area contributed by atoms with Crippen LogP contribution < -0.4 is 15.8 Å². The lowest BCUT2D eigenvalue weighted by molar-refractivity contribution is 0.396. The smallest absolute Gasteiger partial charge is 0.141 e. The molecule has 0 aliphatic carbocycles. The summed E-state index contributed by atoms with van der Waals surface area (Å²) in [6.45, 7) is 3.64. The van der Waals surface area contributed by atoms with Crippen LogP contribution in [0.3, 0.4) is 0 Å². The van der Waals surface area contributed by atoms with Gasteiger partial charge in [0.2, 0.25) is 0 Å². The summed E-state index contributed by atoms with van der Waals surface area (Å²) in [5.41, 5.74) is 8.12. The van der Waals surface area contributed by atoms with Crippen LogP contribution in [0.4, 0.5) is 0 Å². The number of hydrogen-bond donors (Lipinski definition) is 2. The molecular weight excluding hydrogens is 178 g/mol. The first-order valence-electron chi connectivity index (χ1n) is 5.03. The number of aromatic nitrogens is 1. The highest BCUT2D eigenvalue weighted by Gasteiger charge is 2.17. The van der Waals surface area contributed by atoms with Gasteiger partial charge in [0, 0.05) is 37.8 Å². The minimum absolute atomic E-state index is 0.694. The maximum absolute atomic E-state index is 5.57. The molecule has 0 spiro atoms. The van der Waals surface area contributed by atoms with Crippen molar-refractivity contribution in [1.82, 2.24) is 9.88 Å². The van der Waals surface area contributed by atoms with E-state index in [9.17, 15) is 0 Å². The van der Waals surface area contributed by atoms with Crippen molar-refractivity contribution in [2.45, 2.75) is 19.5 Å². The molecule has 0 saturated heterocycles. The van der Waals surface area contributed by atoms with E-state index >= 15 is 0 Å². The number of rotatable bonds is 3. The summed E-state index contributed by atoms with van der Waals surface area (Å²) >= 11 is 0. The van der Waals surface area contributed by atoms with Crippen LogP contribution in [-0.4, -0.2) is 24.8 Å². The Bertz CT molecular complexity index is 319. The van der Waals surface area contributed by atoms with E-state index in [0.717, 1.165) is 31.8 Å². The van der Waals surface area contributed by atoms with Gasteiger partial charge in [0.25, 0.3) is 0 Å². The lowest BCUT2D eigenvalue weighted by Crippen LogP contribution is -2.29. The molecule has 4 nitrogen and oxygen atoms in total. The zero-order chi connectivity index (χ0) is 9.97. The number of ether oxygens (including phenoxy) is 1. The zero-order valence-corrected chi connectivity index (χ0v) is 8.55. The molecule has 0 amide bonds. The maximum atomic E-state index is 5.57. The highest BCUT2D eigenvalue weighted by atomic mass is 16.5. The molecular formula is C10H17N3O. The van der Waals surface area contributed by atoms with Crippen LogP contribution in [0.15, 0.2) is 6.07 Å². The van der Waals surface area contributed by atoms with Gasteiger partial charge in [-0.3, -0.25) is 0 Å². The van der Waals surface area contributed by atoms with Crippen LogP contribution in [0.5, 0.6) is 5.75 Å². The lowest BCUT2D eigenvalue weighted by atomic mass is 10.3. The van der Waals surface area contributed by atoms with E-state index in [0.29, 0.717) is 6.54 Å². The van der Waals surface area contributed by atoms with Crippen LogP contribution in [-0.2, 0) is 19.5 Å². The molecule has 2 heterocycles. The van der Waals surface area contributed by atoms with Crippen LogP contribution in [0.1, 0.15) is 11.4 Å². The van der Waals surface area contributed by atoms with Crippen molar-refractivity contribution < 1.29 is 4.74 Å². The molecule has 4 heteroatoms. The summed E-state index contributed by atoms with van der Waals surface area (Å²) in [6, 6.07) is 2.11. The van der Waals surface area contributed by atoms with E-state index in [4.69, 9.17) is 10.5 Å². The second-order valence-electron chi connectivity index (χ2n) is 3.52. The van der Waals surface area contributed by atoms with E-state index in [1.165, 1.54) is 11.4 Å². The van der Waals surface area contributed by atoms with Crippen molar-refractivity contribution in [3.63, 3.8) is 0 Å². The van der Waals surface area contributed by atoms with Crippen LogP contribution in [0, 0.1) is 0 Å². The Morgan fingerprint density at radius 1 is 1.64 bits per heavy atom. The average molecular weight is 195 g/mol. The van der Waals surface area contributed by atoms with Crippen molar-refractivity contribution in [1.29, 1.82) is 0 Å². The molecule has 0 unspecified atom stereocenters. The Hall–Kier alpha value is -1.00. The highest BCUT2D eigenvalue weighted by Crippen LogP contribution is 2.25. The average Bonchev–Trinajstić information content (AvgIpc) is 2.58. The predicted molar refractivity (Wildman–Crippen MR) is 55.4 cm³/mol. The maximum Gasteiger partial charge on any atom is 0.141 e. The second-order valence-corrected chi connectivity index (χ2v) is 3.52. The molecule has 1 aliphatic heterocycles. The number of nitrogens with one attached hydrogen (secondary N) is 1. The van der Waals surface area contributed by atoms with Crippen LogP contribution in [0.25, 0.3) is 0 Å². The SMILES string of the molecule is COc1cc(CCN)n2c1CNCC2. The molecule has 1 aromatic heterocycles. The third kappa shape index (κ3) is 1.51. The minimum atomic E-state index is 0.694. The number of hydrogen-bond acceptors (Lipinski definition) is 3. The lowest BCUT2D eigenvalue weighted by Gasteiger charge is -2.19. The van der Waals surface area contributed by atoms with Gasteiger partial charge in [-0.15, -0.1) is 0 Å². The molecule has 0 fully saturated rings. The van der Waals surface area contributed by atoms with Gasteiger partial charge in [-0.05, 0) is 6.54 Å². The topological polar surface area (TPSA) is 52.2 Å². The number of fused-ring (bicyclic) bond motifs is 1. The third-order valence-electron chi connectivity index (χ3n) is 2.68. The van der Waals surface area contributed by atoms with Crippen LogP contribution in [0.2, 0.25) is 0 Å². The van der Waals surface area contributed by atoms with Gasteiger partial charge in [0.15, 0.2) is 0 Å². The van der Waals surface area contributed by atoms with Gasteiger partial charge in [-0.2, -0.15) is 0 Å². The third-order valence-corrected chi connectivity index (χ3v) is 2.68. The Kier molecular flexibility index (Phi) is 2.74. The molecule has 2 rings (SSSR count). The van der Waals surface area contributed by atoms with Gasteiger partial charge >= 0.3 is 0 Å². The van der Waals surface area contributed by atoms with Gasteiger partial charge in [0.05, 0.1) is 12.8 Å². The van der Waals surface area contributed by atoms with Crippen molar-refractivity contribution >= 4 is 0 Å². The summed E-state index contributed by atoms with van der Waals surface area (Å²) in [5, 5.41) is 3.34. The molecule has 0 aromatic carbocycles. The quantitative estimate of drug-likeness (QED) is 0.719. The standard InChI is InChI=1S/C10H17N3O/c1-14-10-6-8(2-3-11)13-5-4-12-7-9(10)13/h6,12H,2-5,7,11H2,1H3. The van der Waals surface area contributed by atoms with Crippen molar-refractivity contribution in [2.75, 3.05) is 20.2 Å². The van der Waals surface area contributed by atoms with Gasteiger partial charge in [0.1, 0.15) is 5.75 Å². The van der Waals surface area contributed by atoms with E-state index in [2.05, 4.69) is 16.0 Å². The summed E-state index contributed by atoms with van der Waals surface area (Å²) < 4.78 is 7.66. The second kappa shape index (κ2) is 4.02. The van der Waals surface area contributed by atoms with Gasteiger partial charge < -0.3 is 20.4 Å². The van der Waals surface area contributed by atoms with Crippen molar-refractivity contribution in [2.24, 2.45) is 5.73 Å². The molecule has 1 aliphatic rings. The summed E-state index contributed by atoms with van der Waals surface area (Å²) in [6.07, 6.45) is 0.927. The summed E-state index contributed by atoms with van der Waals surface area (Å²) in [5.74, 6) is 0.987. The Labute approximate surface area is 84.0 Å². The molecule has 0 bridgehead atoms. The van der Waals surface area contributed by atoms with Gasteiger partial charge in [-0.1, -0.05) is 0 Å². The molecule has 0 saturated carbocycles. The van der Waals surface area contributed by atoms with E-state index in [1.54, 1.807) is 7.11 Å². The van der Waals surface area contributed by atoms with E-state index in [-0.39, 0.29) is 0 Å². The summed E-state index contributed by atoms with van der Waals surface area (Å²) in [4.78, 5) is 0. The molecule has 14 heavy (non-hydrogen) atoms. The highest BCUT2D eigenvalue weighted by molar-refractivity contribution is 5.35. The molecule has 0 radical (unpaired) electrons. The predicted octanol–water partition coefficient (Wildman–Crippen LogP) is 0.101. The fourth-order valence-electron chi connectivity index (χ4n) is 2.01. The fraction of sp³-hybridized carbons (Fsp3) is 0.600. The Morgan fingerprint density at radius 2 is 2.50 bits per heavy atom. The first-order valence-corrected chi connectivity index (χ1v) is 5.03. The fourth-order valence-corrected chi connectivity index (χ4v) is 2.01. The first-order chi connectivity index (χ1) is 6.86. The van der Waals surface area contributed by atoms with E-state index < -0.39 is 0 Å². The van der Waals surface area contributed by atoms with Crippen molar-refractivity contribution in [3.8, 4) is 5.75 Å². The first kappa shape index (κ1) is 9.55. The summed E-state index contributed by atoms with van der Waals surface area (Å²) in [7, 11) is 1.72. The number of nitrogens with zero attached hydrogens (tertiary/aromatic N) is 1. The minimum Gasteiger partial charge on any atom is -0.495 e. The number of nitrogens with two attached hydrogens (primary N) is 1. The van der Waals surface area contributed by atoms with E-state index in [1.807, 2.05) is 0 Å². The Balaban J connectivity index is 2.36. The molecule has 78 valence electrons.